The van der Waals surface area contributed by atoms with Gasteiger partial charge < -0.3 is 5.32 Å². The number of aryl methyl sites for hydroxylation is 3. The third-order valence-corrected chi connectivity index (χ3v) is 5.63. The molecule has 156 valence electrons. The van der Waals surface area contributed by atoms with Crippen molar-refractivity contribution in [2.24, 2.45) is 0 Å². The molecule has 1 N–H and O–H groups in total. The minimum atomic E-state index is -0.362. The summed E-state index contributed by atoms with van der Waals surface area (Å²) >= 11 is 6.35. The fourth-order valence-electron chi connectivity index (χ4n) is 3.42. The minimum Gasteiger partial charge on any atom is -0.319 e. The number of anilines is 1. The Bertz CT molecular complexity index is 1280. The van der Waals surface area contributed by atoms with E-state index >= 15 is 0 Å². The number of nitrogens with one attached hydrogen (secondary N) is 1. The maximum absolute atomic E-state index is 13.0. The molecule has 1 aromatic heterocycles. The lowest BCUT2D eigenvalue weighted by atomic mass is 10.1. The molecule has 0 bridgehead atoms. The molecule has 0 saturated heterocycles. The first-order valence-corrected chi connectivity index (χ1v) is 10.4. The SMILES string of the molecule is Cc1ccc(-c2nc(C(=O)Nc3ccc(C)cc3C)nn2-c2cccc(Cl)c2C)cc1. The lowest BCUT2D eigenvalue weighted by Crippen LogP contribution is -2.15. The van der Waals surface area contributed by atoms with Crippen molar-refractivity contribution in [3.05, 3.63) is 93.8 Å². The first-order valence-electron chi connectivity index (χ1n) is 10.0. The average Bonchev–Trinajstić information content (AvgIpc) is 3.18. The molecule has 1 amide bonds. The molecule has 6 heteroatoms. The molecule has 0 atom stereocenters. The molecular formula is C25H23ClN4O. The normalized spacial score (nSPS) is 10.9. The molecule has 0 saturated carbocycles. The third-order valence-electron chi connectivity index (χ3n) is 5.22. The Morgan fingerprint density at radius 3 is 2.35 bits per heavy atom. The maximum atomic E-state index is 13.0. The van der Waals surface area contributed by atoms with Crippen LogP contribution in [0, 0.1) is 27.7 Å². The van der Waals surface area contributed by atoms with Gasteiger partial charge in [-0.1, -0.05) is 65.2 Å². The molecule has 0 spiro atoms. The van der Waals surface area contributed by atoms with E-state index in [2.05, 4.69) is 15.4 Å². The van der Waals surface area contributed by atoms with Gasteiger partial charge >= 0.3 is 0 Å². The number of nitrogens with zero attached hydrogens (tertiary/aromatic N) is 3. The summed E-state index contributed by atoms with van der Waals surface area (Å²) in [7, 11) is 0. The van der Waals surface area contributed by atoms with Crippen LogP contribution in [0.1, 0.15) is 32.9 Å². The summed E-state index contributed by atoms with van der Waals surface area (Å²) < 4.78 is 1.68. The number of halogens is 1. The van der Waals surface area contributed by atoms with E-state index in [1.54, 1.807) is 4.68 Å². The van der Waals surface area contributed by atoms with Gasteiger partial charge in [-0.15, -0.1) is 5.10 Å². The summed E-state index contributed by atoms with van der Waals surface area (Å²) in [6.07, 6.45) is 0. The van der Waals surface area contributed by atoms with Gasteiger partial charge in [0.1, 0.15) is 0 Å². The molecule has 0 radical (unpaired) electrons. The second-order valence-electron chi connectivity index (χ2n) is 7.69. The van der Waals surface area contributed by atoms with Crippen molar-refractivity contribution in [1.82, 2.24) is 14.8 Å². The van der Waals surface area contributed by atoms with E-state index in [1.807, 2.05) is 88.4 Å². The number of benzene rings is 3. The molecule has 0 aliphatic heterocycles. The van der Waals surface area contributed by atoms with Gasteiger partial charge in [-0.2, -0.15) is 0 Å². The molecule has 0 aliphatic carbocycles. The standard InChI is InChI=1S/C25H23ClN4O/c1-15-8-11-19(12-9-15)24-28-23(25(31)27-21-13-10-16(2)14-17(21)3)29-30(24)22-7-5-6-20(26)18(22)4/h5-14H,1-4H3,(H,27,31). The van der Waals surface area contributed by atoms with Crippen LogP contribution < -0.4 is 5.32 Å². The monoisotopic (exact) mass is 430 g/mol. The van der Waals surface area contributed by atoms with E-state index in [-0.39, 0.29) is 11.7 Å². The number of rotatable bonds is 4. The average molecular weight is 431 g/mol. The Hall–Kier alpha value is -3.44. The fraction of sp³-hybridized carbons (Fsp3) is 0.160. The van der Waals surface area contributed by atoms with Gasteiger partial charge in [0.2, 0.25) is 5.82 Å². The summed E-state index contributed by atoms with van der Waals surface area (Å²) in [5.74, 6) is 0.310. The molecule has 4 aromatic rings. The summed E-state index contributed by atoms with van der Waals surface area (Å²) in [5.41, 5.74) is 6.51. The zero-order valence-corrected chi connectivity index (χ0v) is 18.7. The van der Waals surface area contributed by atoms with Crippen LogP contribution in [0.3, 0.4) is 0 Å². The van der Waals surface area contributed by atoms with E-state index in [4.69, 9.17) is 11.6 Å². The summed E-state index contributed by atoms with van der Waals surface area (Å²) in [6, 6.07) is 19.4. The highest BCUT2D eigenvalue weighted by Gasteiger charge is 2.20. The van der Waals surface area contributed by atoms with E-state index in [0.29, 0.717) is 10.8 Å². The molecule has 3 aromatic carbocycles. The highest BCUT2D eigenvalue weighted by atomic mass is 35.5. The Labute approximate surface area is 186 Å². The Morgan fingerprint density at radius 1 is 0.935 bits per heavy atom. The number of hydrogen-bond donors (Lipinski definition) is 1. The van der Waals surface area contributed by atoms with Crippen LogP contribution in [0.5, 0.6) is 0 Å². The van der Waals surface area contributed by atoms with Gasteiger partial charge in [0.15, 0.2) is 5.82 Å². The topological polar surface area (TPSA) is 59.8 Å². The quantitative estimate of drug-likeness (QED) is 0.427. The van der Waals surface area contributed by atoms with Crippen molar-refractivity contribution in [3.8, 4) is 17.1 Å². The molecular weight excluding hydrogens is 408 g/mol. The summed E-state index contributed by atoms with van der Waals surface area (Å²) in [5, 5.41) is 8.12. The van der Waals surface area contributed by atoms with Crippen molar-refractivity contribution in [2.45, 2.75) is 27.7 Å². The van der Waals surface area contributed by atoms with E-state index in [9.17, 15) is 4.79 Å². The van der Waals surface area contributed by atoms with Crippen LogP contribution in [0.4, 0.5) is 5.69 Å². The molecule has 5 nitrogen and oxygen atoms in total. The smallest absolute Gasteiger partial charge is 0.295 e. The number of hydrogen-bond acceptors (Lipinski definition) is 3. The fourth-order valence-corrected chi connectivity index (χ4v) is 3.59. The second kappa shape index (κ2) is 8.36. The zero-order chi connectivity index (χ0) is 22.1. The number of carbonyl (C=O) groups excluding carboxylic acids is 1. The van der Waals surface area contributed by atoms with E-state index in [1.165, 1.54) is 0 Å². The number of aromatic nitrogens is 3. The van der Waals surface area contributed by atoms with Crippen LogP contribution in [-0.4, -0.2) is 20.7 Å². The van der Waals surface area contributed by atoms with Crippen LogP contribution >= 0.6 is 11.6 Å². The number of carbonyl (C=O) groups is 1. The minimum absolute atomic E-state index is 0.0925. The number of amides is 1. The first kappa shape index (κ1) is 20.8. The van der Waals surface area contributed by atoms with E-state index in [0.717, 1.165) is 39.2 Å². The van der Waals surface area contributed by atoms with Gasteiger partial charge in [-0.3, -0.25) is 4.79 Å². The molecule has 0 fully saturated rings. The molecule has 0 aliphatic rings. The van der Waals surface area contributed by atoms with E-state index < -0.39 is 0 Å². The van der Waals surface area contributed by atoms with Crippen molar-refractivity contribution in [3.63, 3.8) is 0 Å². The van der Waals surface area contributed by atoms with Gasteiger partial charge in [0.25, 0.3) is 5.91 Å². The Morgan fingerprint density at radius 2 is 1.65 bits per heavy atom. The Balaban J connectivity index is 1.80. The predicted octanol–water partition coefficient (Wildman–Crippen LogP) is 6.07. The van der Waals surface area contributed by atoms with Crippen molar-refractivity contribution in [2.75, 3.05) is 5.32 Å². The first-order chi connectivity index (χ1) is 14.8. The molecule has 1 heterocycles. The van der Waals surface area contributed by atoms with Crippen LogP contribution in [0.15, 0.2) is 60.7 Å². The van der Waals surface area contributed by atoms with Crippen molar-refractivity contribution < 1.29 is 4.79 Å². The largest absolute Gasteiger partial charge is 0.319 e. The van der Waals surface area contributed by atoms with Crippen LogP contribution in [0.2, 0.25) is 5.02 Å². The van der Waals surface area contributed by atoms with Crippen LogP contribution in [0.25, 0.3) is 17.1 Å². The van der Waals surface area contributed by atoms with Crippen molar-refractivity contribution in [1.29, 1.82) is 0 Å². The van der Waals surface area contributed by atoms with Crippen molar-refractivity contribution >= 4 is 23.2 Å². The molecule has 0 unspecified atom stereocenters. The lowest BCUT2D eigenvalue weighted by Gasteiger charge is -2.10. The van der Waals surface area contributed by atoms with Gasteiger partial charge in [0.05, 0.1) is 5.69 Å². The highest BCUT2D eigenvalue weighted by Crippen LogP contribution is 2.27. The lowest BCUT2D eigenvalue weighted by molar-refractivity contribution is 0.101. The second-order valence-corrected chi connectivity index (χ2v) is 8.10. The summed E-state index contributed by atoms with van der Waals surface area (Å²) in [6.45, 7) is 7.93. The molecule has 31 heavy (non-hydrogen) atoms. The maximum Gasteiger partial charge on any atom is 0.295 e. The van der Waals surface area contributed by atoms with Crippen LogP contribution in [-0.2, 0) is 0 Å². The van der Waals surface area contributed by atoms with Gasteiger partial charge in [0, 0.05) is 16.3 Å². The zero-order valence-electron chi connectivity index (χ0n) is 17.9. The van der Waals surface area contributed by atoms with Gasteiger partial charge in [-0.05, 0) is 57.0 Å². The van der Waals surface area contributed by atoms with Gasteiger partial charge in [-0.25, -0.2) is 9.67 Å². The third kappa shape index (κ3) is 4.23. The predicted molar refractivity (Wildman–Crippen MR) is 125 cm³/mol. The summed E-state index contributed by atoms with van der Waals surface area (Å²) in [4.78, 5) is 17.6. The highest BCUT2D eigenvalue weighted by molar-refractivity contribution is 6.31. The Kier molecular flexibility index (Phi) is 5.61. The molecule has 4 rings (SSSR count).